The first-order valence-electron chi connectivity index (χ1n) is 9.39. The van der Waals surface area contributed by atoms with Crippen molar-refractivity contribution in [2.24, 2.45) is 0 Å². The summed E-state index contributed by atoms with van der Waals surface area (Å²) in [5.41, 5.74) is 4.99. The van der Waals surface area contributed by atoms with Crippen LogP contribution in [0.2, 0.25) is 5.02 Å². The number of nitriles is 1. The number of benzene rings is 3. The minimum Gasteiger partial charge on any atom is -0.321 e. The van der Waals surface area contributed by atoms with Crippen molar-refractivity contribution >= 4 is 29.3 Å². The highest BCUT2D eigenvalue weighted by atomic mass is 35.5. The number of carbonyl (C=O) groups is 1. The Morgan fingerprint density at radius 2 is 1.90 bits per heavy atom. The molecule has 0 heterocycles. The topological polar surface area (TPSA) is 52.9 Å². The van der Waals surface area contributed by atoms with Gasteiger partial charge in [0.2, 0.25) is 0 Å². The van der Waals surface area contributed by atoms with E-state index in [0.717, 1.165) is 22.3 Å². The molecule has 0 bridgehead atoms. The van der Waals surface area contributed by atoms with Gasteiger partial charge in [-0.15, -0.1) is 0 Å². The molecule has 3 aromatic carbocycles. The fourth-order valence-electron chi connectivity index (χ4n) is 3.05. The molecule has 0 radical (unpaired) electrons. The van der Waals surface area contributed by atoms with Crippen molar-refractivity contribution in [2.45, 2.75) is 20.3 Å². The molecule has 0 aromatic heterocycles. The number of rotatable bonds is 5. The minimum atomic E-state index is -0.502. The lowest BCUT2D eigenvalue weighted by molar-refractivity contribution is -0.112. The van der Waals surface area contributed by atoms with Crippen molar-refractivity contribution in [2.75, 3.05) is 5.32 Å². The second-order valence-corrected chi connectivity index (χ2v) is 7.51. The van der Waals surface area contributed by atoms with E-state index in [4.69, 9.17) is 11.6 Å². The third-order valence-corrected chi connectivity index (χ3v) is 5.06. The van der Waals surface area contributed by atoms with Crippen LogP contribution in [0, 0.1) is 31.0 Å². The monoisotopic (exact) mass is 418 g/mol. The zero-order valence-corrected chi connectivity index (χ0v) is 17.4. The fraction of sp³-hybridized carbons (Fsp3) is 0.120. The molecule has 150 valence electrons. The van der Waals surface area contributed by atoms with Gasteiger partial charge >= 0.3 is 0 Å². The third kappa shape index (κ3) is 5.34. The minimum absolute atomic E-state index is 0.0454. The number of anilines is 1. The number of nitrogens with one attached hydrogen (secondary N) is 1. The van der Waals surface area contributed by atoms with Gasteiger partial charge in [0.25, 0.3) is 5.91 Å². The molecule has 0 fully saturated rings. The average Bonchev–Trinajstić information content (AvgIpc) is 2.70. The lowest BCUT2D eigenvalue weighted by Gasteiger charge is -2.10. The van der Waals surface area contributed by atoms with Gasteiger partial charge in [0.15, 0.2) is 0 Å². The Bertz CT molecular complexity index is 1180. The highest BCUT2D eigenvalue weighted by molar-refractivity contribution is 6.30. The Labute approximate surface area is 180 Å². The van der Waals surface area contributed by atoms with Crippen LogP contribution in [0.5, 0.6) is 0 Å². The number of carbonyl (C=O) groups excluding carboxylic acids is 1. The lowest BCUT2D eigenvalue weighted by Crippen LogP contribution is -2.13. The molecular formula is C25H20ClFN2O. The van der Waals surface area contributed by atoms with Gasteiger partial charge in [0.05, 0.1) is 0 Å². The van der Waals surface area contributed by atoms with E-state index in [-0.39, 0.29) is 11.4 Å². The summed E-state index contributed by atoms with van der Waals surface area (Å²) < 4.78 is 13.5. The molecule has 3 rings (SSSR count). The van der Waals surface area contributed by atoms with Crippen molar-refractivity contribution in [3.8, 4) is 6.07 Å². The van der Waals surface area contributed by atoms with E-state index in [2.05, 4.69) is 5.32 Å². The maximum absolute atomic E-state index is 13.5. The quantitative estimate of drug-likeness (QED) is 0.394. The van der Waals surface area contributed by atoms with Crippen molar-refractivity contribution in [1.29, 1.82) is 5.26 Å². The van der Waals surface area contributed by atoms with Crippen LogP contribution in [0.3, 0.4) is 0 Å². The van der Waals surface area contributed by atoms with E-state index in [1.54, 1.807) is 24.3 Å². The number of halogens is 2. The van der Waals surface area contributed by atoms with Gasteiger partial charge in [-0.25, -0.2) is 4.39 Å². The van der Waals surface area contributed by atoms with Crippen LogP contribution in [-0.4, -0.2) is 5.91 Å². The highest BCUT2D eigenvalue weighted by Crippen LogP contribution is 2.23. The summed E-state index contributed by atoms with van der Waals surface area (Å²) in [5.74, 6) is -0.818. The number of aryl methyl sites for hydroxylation is 2. The van der Waals surface area contributed by atoms with Gasteiger partial charge in [-0.2, -0.15) is 5.26 Å². The standard InChI is InChI=1S/C25H20ClFN2O/c1-16-6-9-24(10-17(16)2)29-25(30)21(15-28)13-20-14-22(26)8-7-19(20)11-18-4-3-5-23(27)12-18/h3-10,12-14H,11H2,1-2H3,(H,29,30)/b21-13+. The van der Waals surface area contributed by atoms with Gasteiger partial charge in [0, 0.05) is 10.7 Å². The number of hydrogen-bond acceptors (Lipinski definition) is 2. The average molecular weight is 419 g/mol. The smallest absolute Gasteiger partial charge is 0.266 e. The van der Waals surface area contributed by atoms with Crippen molar-refractivity contribution in [3.05, 3.63) is 105 Å². The molecule has 0 saturated heterocycles. The van der Waals surface area contributed by atoms with Crippen LogP contribution in [0.15, 0.2) is 66.2 Å². The lowest BCUT2D eigenvalue weighted by atomic mass is 9.98. The summed E-state index contributed by atoms with van der Waals surface area (Å²) in [5, 5.41) is 12.8. The largest absolute Gasteiger partial charge is 0.321 e. The predicted molar refractivity (Wildman–Crippen MR) is 119 cm³/mol. The highest BCUT2D eigenvalue weighted by Gasteiger charge is 2.12. The summed E-state index contributed by atoms with van der Waals surface area (Å²) in [6.07, 6.45) is 1.95. The molecule has 0 saturated carbocycles. The van der Waals surface area contributed by atoms with E-state index in [1.165, 1.54) is 18.2 Å². The zero-order valence-electron chi connectivity index (χ0n) is 16.7. The Morgan fingerprint density at radius 3 is 2.60 bits per heavy atom. The third-order valence-electron chi connectivity index (χ3n) is 4.82. The van der Waals surface area contributed by atoms with Crippen LogP contribution in [0.4, 0.5) is 10.1 Å². The van der Waals surface area contributed by atoms with E-state index in [0.29, 0.717) is 22.7 Å². The van der Waals surface area contributed by atoms with Crippen molar-refractivity contribution in [3.63, 3.8) is 0 Å². The molecule has 0 unspecified atom stereocenters. The van der Waals surface area contributed by atoms with Crippen LogP contribution >= 0.6 is 11.6 Å². The number of nitrogens with zero attached hydrogens (tertiary/aromatic N) is 1. The number of amides is 1. The van der Waals surface area contributed by atoms with E-state index in [9.17, 15) is 14.4 Å². The second kappa shape index (κ2) is 9.39. The van der Waals surface area contributed by atoms with E-state index in [1.807, 2.05) is 44.2 Å². The normalized spacial score (nSPS) is 11.1. The molecule has 0 spiro atoms. The molecule has 3 nitrogen and oxygen atoms in total. The summed E-state index contributed by atoms with van der Waals surface area (Å²) >= 11 is 6.14. The Hall–Kier alpha value is -3.42. The Morgan fingerprint density at radius 1 is 1.10 bits per heavy atom. The molecule has 3 aromatic rings. The maximum atomic E-state index is 13.5. The summed E-state index contributed by atoms with van der Waals surface area (Å²) in [6.45, 7) is 3.94. The van der Waals surface area contributed by atoms with Gasteiger partial charge in [-0.3, -0.25) is 4.79 Å². The molecule has 5 heteroatoms. The van der Waals surface area contributed by atoms with Gasteiger partial charge in [0.1, 0.15) is 17.5 Å². The zero-order chi connectivity index (χ0) is 21.7. The molecule has 30 heavy (non-hydrogen) atoms. The molecular weight excluding hydrogens is 399 g/mol. The van der Waals surface area contributed by atoms with Gasteiger partial charge in [-0.05, 0) is 90.6 Å². The fourth-order valence-corrected chi connectivity index (χ4v) is 3.23. The van der Waals surface area contributed by atoms with E-state index >= 15 is 0 Å². The van der Waals surface area contributed by atoms with Crippen molar-refractivity contribution in [1.82, 2.24) is 0 Å². The summed E-state index contributed by atoms with van der Waals surface area (Å²) in [4.78, 5) is 12.7. The first-order chi connectivity index (χ1) is 14.4. The summed E-state index contributed by atoms with van der Waals surface area (Å²) in [6, 6.07) is 19.1. The van der Waals surface area contributed by atoms with Crippen molar-refractivity contribution < 1.29 is 9.18 Å². The number of hydrogen-bond donors (Lipinski definition) is 1. The van der Waals surface area contributed by atoms with Gasteiger partial charge in [-0.1, -0.05) is 35.9 Å². The molecule has 1 N–H and O–H groups in total. The molecule has 0 aliphatic carbocycles. The molecule has 0 aliphatic heterocycles. The second-order valence-electron chi connectivity index (χ2n) is 7.07. The van der Waals surface area contributed by atoms with Gasteiger partial charge < -0.3 is 5.32 Å². The Kier molecular flexibility index (Phi) is 6.66. The maximum Gasteiger partial charge on any atom is 0.266 e. The van der Waals surface area contributed by atoms with Crippen LogP contribution < -0.4 is 5.32 Å². The Balaban J connectivity index is 1.90. The van der Waals surface area contributed by atoms with Crippen LogP contribution in [0.1, 0.15) is 27.8 Å². The van der Waals surface area contributed by atoms with Crippen LogP contribution in [0.25, 0.3) is 6.08 Å². The first-order valence-corrected chi connectivity index (χ1v) is 9.77. The molecule has 0 atom stereocenters. The molecule has 0 aliphatic rings. The molecule has 1 amide bonds. The predicted octanol–water partition coefficient (Wildman–Crippen LogP) is 6.23. The van der Waals surface area contributed by atoms with Crippen LogP contribution in [-0.2, 0) is 11.2 Å². The summed E-state index contributed by atoms with van der Waals surface area (Å²) in [7, 11) is 0. The van der Waals surface area contributed by atoms with E-state index < -0.39 is 5.91 Å². The SMILES string of the molecule is Cc1ccc(NC(=O)/C(C#N)=C/c2cc(Cl)ccc2Cc2cccc(F)c2)cc1C. The first kappa shape index (κ1) is 21.3.